The molecule has 1 aromatic heterocycles. The lowest BCUT2D eigenvalue weighted by atomic mass is 10.1. The molecule has 0 aliphatic carbocycles. The van der Waals surface area contributed by atoms with Crippen LogP contribution < -0.4 is 5.32 Å². The molecule has 9 nitrogen and oxygen atoms in total. The molecule has 1 aliphatic rings. The van der Waals surface area contributed by atoms with E-state index in [1.54, 1.807) is 20.8 Å². The number of esters is 1. The van der Waals surface area contributed by atoms with Crippen LogP contribution >= 0.6 is 0 Å². The third kappa shape index (κ3) is 3.51. The van der Waals surface area contributed by atoms with Crippen LogP contribution in [-0.4, -0.2) is 43.7 Å². The summed E-state index contributed by atoms with van der Waals surface area (Å²) in [5.74, 6) is -1.01. The van der Waals surface area contributed by atoms with Gasteiger partial charge < -0.3 is 14.5 Å². The van der Waals surface area contributed by atoms with Crippen LogP contribution in [0.4, 0.5) is 0 Å². The summed E-state index contributed by atoms with van der Waals surface area (Å²) in [6.45, 7) is 4.78. The summed E-state index contributed by atoms with van der Waals surface area (Å²) in [5.41, 5.74) is 0.384. The van der Waals surface area contributed by atoms with Crippen LogP contribution in [-0.2, 0) is 21.3 Å². The maximum absolute atomic E-state index is 12.6. The van der Waals surface area contributed by atoms with Gasteiger partial charge in [-0.15, -0.1) is 0 Å². The van der Waals surface area contributed by atoms with Gasteiger partial charge in [-0.1, -0.05) is 0 Å². The predicted octanol–water partition coefficient (Wildman–Crippen LogP) is 1.86. The van der Waals surface area contributed by atoms with Gasteiger partial charge in [0.25, 0.3) is 21.8 Å². The van der Waals surface area contributed by atoms with Crippen molar-refractivity contribution in [2.45, 2.75) is 38.3 Å². The summed E-state index contributed by atoms with van der Waals surface area (Å²) in [4.78, 5) is 36.3. The number of ether oxygens (including phenoxy) is 1. The number of rotatable bonds is 5. The van der Waals surface area contributed by atoms with Crippen LogP contribution in [0, 0.1) is 6.92 Å². The van der Waals surface area contributed by atoms with Crippen LogP contribution in [0.15, 0.2) is 33.6 Å². The Morgan fingerprint density at radius 2 is 1.93 bits per heavy atom. The van der Waals surface area contributed by atoms with Gasteiger partial charge in [0, 0.05) is 11.6 Å². The summed E-state index contributed by atoms with van der Waals surface area (Å²) >= 11 is 0. The van der Waals surface area contributed by atoms with Crippen molar-refractivity contribution in [3.05, 3.63) is 52.5 Å². The summed E-state index contributed by atoms with van der Waals surface area (Å²) in [6, 6.07) is 4.84. The molecule has 154 valence electrons. The van der Waals surface area contributed by atoms with Crippen LogP contribution in [0.2, 0.25) is 0 Å². The summed E-state index contributed by atoms with van der Waals surface area (Å²) in [5, 5.41) is 2.60. The second kappa shape index (κ2) is 7.36. The minimum atomic E-state index is -4.00. The molecule has 2 heterocycles. The molecule has 0 atom stereocenters. The molecule has 2 aromatic rings. The first-order valence-corrected chi connectivity index (χ1v) is 10.2. The fourth-order valence-corrected chi connectivity index (χ4v) is 4.91. The topological polar surface area (TPSA) is 123 Å². The van der Waals surface area contributed by atoms with Gasteiger partial charge in [0.2, 0.25) is 0 Å². The van der Waals surface area contributed by atoms with Gasteiger partial charge in [-0.2, -0.15) is 0 Å². The normalized spacial score (nSPS) is 14.8. The van der Waals surface area contributed by atoms with Crippen molar-refractivity contribution in [2.75, 3.05) is 7.11 Å². The van der Waals surface area contributed by atoms with E-state index >= 15 is 0 Å². The number of fused-ring (bicyclic) bond motifs is 1. The molecule has 1 aromatic carbocycles. The molecule has 0 fully saturated rings. The van der Waals surface area contributed by atoms with Crippen molar-refractivity contribution in [1.82, 2.24) is 9.62 Å². The number of benzene rings is 1. The smallest absolute Gasteiger partial charge is 0.341 e. The summed E-state index contributed by atoms with van der Waals surface area (Å²) < 4.78 is 36.1. The number of carbonyl (C=O) groups is 3. The third-order valence-corrected chi connectivity index (χ3v) is 6.48. The largest absolute Gasteiger partial charge is 0.465 e. The summed E-state index contributed by atoms with van der Waals surface area (Å²) in [6.07, 6.45) is 0. The lowest BCUT2D eigenvalue weighted by Crippen LogP contribution is -2.36. The van der Waals surface area contributed by atoms with Crippen molar-refractivity contribution in [3.8, 4) is 0 Å². The molecule has 1 aliphatic heterocycles. The first kappa shape index (κ1) is 20.6. The Kier molecular flexibility index (Phi) is 5.22. The van der Waals surface area contributed by atoms with Crippen LogP contribution in [0.5, 0.6) is 0 Å². The average Bonchev–Trinajstić information content (AvgIpc) is 3.13. The first-order chi connectivity index (χ1) is 13.6. The van der Waals surface area contributed by atoms with E-state index in [0.29, 0.717) is 11.5 Å². The average molecular weight is 420 g/mol. The minimum Gasteiger partial charge on any atom is -0.465 e. The number of hydrogen-bond donors (Lipinski definition) is 1. The number of nitrogens with zero attached hydrogens (tertiary/aromatic N) is 1. The van der Waals surface area contributed by atoms with Crippen LogP contribution in [0.1, 0.15) is 56.4 Å². The molecule has 2 amide bonds. The SMILES string of the molecule is COC(=O)c1cc(CNC(=O)c2ccc3c(c2)S(=O)(=O)N(C(C)C)C3=O)oc1C. The molecular formula is C19H20N2O7S. The highest BCUT2D eigenvalue weighted by molar-refractivity contribution is 7.90. The molecule has 0 bridgehead atoms. The molecule has 10 heteroatoms. The van der Waals surface area contributed by atoms with Crippen LogP contribution in [0.25, 0.3) is 0 Å². The number of nitrogens with one attached hydrogen (secondary N) is 1. The Labute approximate surface area is 167 Å². The van der Waals surface area contributed by atoms with Crippen LogP contribution in [0.3, 0.4) is 0 Å². The molecule has 29 heavy (non-hydrogen) atoms. The molecule has 0 spiro atoms. The van der Waals surface area contributed by atoms with E-state index in [0.717, 1.165) is 4.31 Å². The first-order valence-electron chi connectivity index (χ1n) is 8.76. The molecule has 0 unspecified atom stereocenters. The zero-order valence-corrected chi connectivity index (χ0v) is 17.1. The Morgan fingerprint density at radius 1 is 1.24 bits per heavy atom. The fourth-order valence-electron chi connectivity index (χ4n) is 3.11. The number of aryl methyl sites for hydroxylation is 1. The molecular weight excluding hydrogens is 400 g/mol. The lowest BCUT2D eigenvalue weighted by Gasteiger charge is -2.18. The van der Waals surface area contributed by atoms with Gasteiger partial charge in [-0.05, 0) is 45.0 Å². The van der Waals surface area contributed by atoms with E-state index in [1.165, 1.54) is 31.4 Å². The number of methoxy groups -OCH3 is 1. The van der Waals surface area contributed by atoms with Crippen molar-refractivity contribution < 1.29 is 32.0 Å². The van der Waals surface area contributed by atoms with E-state index in [4.69, 9.17) is 4.42 Å². The predicted molar refractivity (Wildman–Crippen MR) is 101 cm³/mol. The van der Waals surface area contributed by atoms with Gasteiger partial charge in [0.05, 0.1) is 19.2 Å². The number of sulfonamides is 1. The van der Waals surface area contributed by atoms with Crippen molar-refractivity contribution in [1.29, 1.82) is 0 Å². The highest BCUT2D eigenvalue weighted by Gasteiger charge is 2.42. The van der Waals surface area contributed by atoms with E-state index < -0.39 is 33.8 Å². The number of carbonyl (C=O) groups excluding carboxylic acids is 3. The molecule has 0 radical (unpaired) electrons. The second-order valence-electron chi connectivity index (χ2n) is 6.77. The minimum absolute atomic E-state index is 0.0163. The van der Waals surface area contributed by atoms with Gasteiger partial charge in [-0.25, -0.2) is 17.5 Å². The molecule has 0 saturated carbocycles. The molecule has 1 N–H and O–H groups in total. The Balaban J connectivity index is 1.80. The Morgan fingerprint density at radius 3 is 2.55 bits per heavy atom. The second-order valence-corrected chi connectivity index (χ2v) is 8.55. The highest BCUT2D eigenvalue weighted by atomic mass is 32.2. The fraction of sp³-hybridized carbons (Fsp3) is 0.316. The Bertz CT molecular complexity index is 1120. The molecule has 0 saturated heterocycles. The van der Waals surface area contributed by atoms with Crippen molar-refractivity contribution in [2.24, 2.45) is 0 Å². The number of amides is 2. The monoisotopic (exact) mass is 420 g/mol. The third-order valence-electron chi connectivity index (χ3n) is 4.48. The van der Waals surface area contributed by atoms with E-state index in [9.17, 15) is 22.8 Å². The van der Waals surface area contributed by atoms with Crippen molar-refractivity contribution in [3.63, 3.8) is 0 Å². The lowest BCUT2D eigenvalue weighted by molar-refractivity contribution is 0.0598. The van der Waals surface area contributed by atoms with Crippen molar-refractivity contribution >= 4 is 27.8 Å². The quantitative estimate of drug-likeness (QED) is 0.732. The number of hydrogen-bond acceptors (Lipinski definition) is 7. The standard InChI is InChI=1S/C19H20N2O7S/c1-10(2)21-18(23)14-6-5-12(7-16(14)29(21,25)26)17(22)20-9-13-8-15(11(3)28-13)19(24)27-4/h5-8,10H,9H2,1-4H3,(H,20,22). The van der Waals surface area contributed by atoms with Gasteiger partial charge in [-0.3, -0.25) is 9.59 Å². The number of furan rings is 1. The zero-order chi connectivity index (χ0) is 21.5. The maximum Gasteiger partial charge on any atom is 0.341 e. The zero-order valence-electron chi connectivity index (χ0n) is 16.3. The van der Waals surface area contributed by atoms with Gasteiger partial charge >= 0.3 is 5.97 Å². The highest BCUT2D eigenvalue weighted by Crippen LogP contribution is 2.32. The van der Waals surface area contributed by atoms with E-state index in [2.05, 4.69) is 10.1 Å². The van der Waals surface area contributed by atoms with E-state index in [1.807, 2.05) is 0 Å². The van der Waals surface area contributed by atoms with Gasteiger partial charge in [0.1, 0.15) is 22.0 Å². The molecule has 3 rings (SSSR count). The maximum atomic E-state index is 12.6. The Hall–Kier alpha value is -3.14. The summed E-state index contributed by atoms with van der Waals surface area (Å²) in [7, 11) is -2.75. The van der Waals surface area contributed by atoms with Gasteiger partial charge in [0.15, 0.2) is 0 Å². The van der Waals surface area contributed by atoms with E-state index in [-0.39, 0.29) is 28.1 Å².